The molecule has 1 aromatic heterocycles. The summed E-state index contributed by atoms with van der Waals surface area (Å²) in [6.07, 6.45) is 2.59. The van der Waals surface area contributed by atoms with Crippen molar-refractivity contribution in [3.8, 4) is 0 Å². The number of hydrogen-bond acceptors (Lipinski definition) is 5. The molecule has 0 radical (unpaired) electrons. The lowest BCUT2D eigenvalue weighted by Gasteiger charge is -2.10. The first-order valence-electron chi connectivity index (χ1n) is 4.09. The number of nitrogens with zero attached hydrogens (tertiary/aromatic N) is 3. The summed E-state index contributed by atoms with van der Waals surface area (Å²) >= 11 is 0. The van der Waals surface area contributed by atoms with Crippen LogP contribution in [-0.2, 0) is 16.1 Å². The zero-order chi connectivity index (χ0) is 11.3. The Kier molecular flexibility index (Phi) is 3.75. The van der Waals surface area contributed by atoms with Crippen molar-refractivity contribution >= 4 is 11.9 Å². The second-order valence-electron chi connectivity index (χ2n) is 2.73. The van der Waals surface area contributed by atoms with Crippen LogP contribution in [0.3, 0.4) is 0 Å². The predicted molar refractivity (Wildman–Crippen MR) is 46.7 cm³/mol. The van der Waals surface area contributed by atoms with Gasteiger partial charge in [0.05, 0.1) is 6.61 Å². The maximum absolute atomic E-state index is 11.2. The summed E-state index contributed by atoms with van der Waals surface area (Å²) in [7, 11) is 0. The third kappa shape index (κ3) is 3.35. The van der Waals surface area contributed by atoms with Crippen LogP contribution >= 0.6 is 0 Å². The lowest BCUT2D eigenvalue weighted by atomic mass is 10.3. The van der Waals surface area contributed by atoms with Crippen LogP contribution in [0.25, 0.3) is 0 Å². The number of carboxylic acids is 1. The Morgan fingerprint density at radius 2 is 2.27 bits per heavy atom. The molecule has 1 heterocycles. The molecule has 0 aromatic carbocycles. The van der Waals surface area contributed by atoms with E-state index in [1.165, 1.54) is 17.3 Å². The maximum atomic E-state index is 11.2. The molecule has 1 rings (SSSR count). The van der Waals surface area contributed by atoms with E-state index in [0.29, 0.717) is 0 Å². The Hall–Kier alpha value is -1.96. The smallest absolute Gasteiger partial charge is 0.328 e. The van der Waals surface area contributed by atoms with Gasteiger partial charge in [-0.1, -0.05) is 0 Å². The van der Waals surface area contributed by atoms with Crippen LogP contribution in [0, 0.1) is 0 Å². The van der Waals surface area contributed by atoms with Crippen molar-refractivity contribution < 1.29 is 19.8 Å². The van der Waals surface area contributed by atoms with Gasteiger partial charge in [-0.2, -0.15) is 5.10 Å². The zero-order valence-electron chi connectivity index (χ0n) is 7.70. The van der Waals surface area contributed by atoms with E-state index in [1.807, 2.05) is 0 Å². The van der Waals surface area contributed by atoms with Gasteiger partial charge in [-0.15, -0.1) is 0 Å². The van der Waals surface area contributed by atoms with E-state index in [0.717, 1.165) is 0 Å². The summed E-state index contributed by atoms with van der Waals surface area (Å²) in [4.78, 5) is 25.3. The number of carbonyl (C=O) groups excluding carboxylic acids is 1. The predicted octanol–water partition coefficient (Wildman–Crippen LogP) is -2.16. The number of rotatable bonds is 5. The number of carboxylic acid groups (broad SMARTS) is 1. The third-order valence-electron chi connectivity index (χ3n) is 1.59. The summed E-state index contributed by atoms with van der Waals surface area (Å²) in [6.45, 7) is -0.789. The molecule has 1 aromatic rings. The highest BCUT2D eigenvalue weighted by molar-refractivity contribution is 5.83. The maximum Gasteiger partial charge on any atom is 0.328 e. The highest BCUT2D eigenvalue weighted by Gasteiger charge is 2.18. The van der Waals surface area contributed by atoms with E-state index in [1.54, 1.807) is 0 Å². The minimum absolute atomic E-state index is 0.135. The Morgan fingerprint density at radius 1 is 1.53 bits per heavy atom. The molecular weight excluding hydrogens is 204 g/mol. The highest BCUT2D eigenvalue weighted by Crippen LogP contribution is 1.85. The first kappa shape index (κ1) is 11.1. The van der Waals surface area contributed by atoms with Crippen molar-refractivity contribution in [1.82, 2.24) is 20.1 Å². The zero-order valence-corrected chi connectivity index (χ0v) is 7.70. The number of hydrogen-bond donors (Lipinski definition) is 3. The molecule has 0 saturated carbocycles. The molecule has 0 aliphatic heterocycles. The van der Waals surface area contributed by atoms with Gasteiger partial charge in [-0.25, -0.2) is 14.5 Å². The number of aromatic nitrogens is 3. The summed E-state index contributed by atoms with van der Waals surface area (Å²) in [6, 6.07) is -1.29. The third-order valence-corrected chi connectivity index (χ3v) is 1.59. The number of carbonyl (C=O) groups is 2. The van der Waals surface area contributed by atoms with Crippen LogP contribution in [-0.4, -0.2) is 49.5 Å². The lowest BCUT2D eigenvalue weighted by molar-refractivity contribution is -0.143. The van der Waals surface area contributed by atoms with Gasteiger partial charge in [0, 0.05) is 0 Å². The Bertz CT molecular complexity index is 337. The molecule has 0 unspecified atom stereocenters. The van der Waals surface area contributed by atoms with Gasteiger partial charge in [-0.3, -0.25) is 4.79 Å². The first-order chi connectivity index (χ1) is 7.13. The van der Waals surface area contributed by atoms with Gasteiger partial charge in [0.25, 0.3) is 0 Å². The van der Waals surface area contributed by atoms with E-state index in [4.69, 9.17) is 10.2 Å². The molecular formula is C7H10N4O4. The normalized spacial score (nSPS) is 12.1. The van der Waals surface area contributed by atoms with Gasteiger partial charge < -0.3 is 15.5 Å². The summed E-state index contributed by atoms with van der Waals surface area (Å²) in [5.74, 6) is -1.84. The Labute approximate surface area is 84.5 Å². The monoisotopic (exact) mass is 214 g/mol. The fourth-order valence-corrected chi connectivity index (χ4v) is 0.887. The second kappa shape index (κ2) is 5.05. The highest BCUT2D eigenvalue weighted by atomic mass is 16.4. The number of aliphatic hydroxyl groups excluding tert-OH is 1. The van der Waals surface area contributed by atoms with Crippen LogP contribution in [0.1, 0.15) is 0 Å². The van der Waals surface area contributed by atoms with E-state index in [9.17, 15) is 9.59 Å². The number of aliphatic carboxylic acids is 1. The van der Waals surface area contributed by atoms with Crippen LogP contribution in [0.5, 0.6) is 0 Å². The fourth-order valence-electron chi connectivity index (χ4n) is 0.887. The van der Waals surface area contributed by atoms with E-state index < -0.39 is 24.5 Å². The van der Waals surface area contributed by atoms with Crippen molar-refractivity contribution in [3.63, 3.8) is 0 Å². The molecule has 82 valence electrons. The standard InChI is InChI=1S/C7H10N4O4/c12-2-5(7(14)15)10-6(13)1-11-4-8-3-9-11/h3-5,12H,1-2H2,(H,10,13)(H,14,15)/t5-/m1/s1. The minimum Gasteiger partial charge on any atom is -0.480 e. The topological polar surface area (TPSA) is 117 Å². The quantitative estimate of drug-likeness (QED) is 0.514. The molecule has 1 amide bonds. The van der Waals surface area contributed by atoms with E-state index in [2.05, 4.69) is 15.4 Å². The fraction of sp³-hybridized carbons (Fsp3) is 0.429. The van der Waals surface area contributed by atoms with Gasteiger partial charge in [0.1, 0.15) is 25.2 Å². The Morgan fingerprint density at radius 3 is 2.73 bits per heavy atom. The van der Waals surface area contributed by atoms with Crippen LogP contribution < -0.4 is 5.32 Å². The van der Waals surface area contributed by atoms with E-state index in [-0.39, 0.29) is 6.54 Å². The van der Waals surface area contributed by atoms with Gasteiger partial charge in [0.2, 0.25) is 5.91 Å². The summed E-state index contributed by atoms with van der Waals surface area (Å²) < 4.78 is 1.24. The number of nitrogens with one attached hydrogen (secondary N) is 1. The van der Waals surface area contributed by atoms with Crippen molar-refractivity contribution in [1.29, 1.82) is 0 Å². The SMILES string of the molecule is O=C(Cn1cncn1)N[C@H](CO)C(=O)O. The van der Waals surface area contributed by atoms with Crippen LogP contribution in [0.15, 0.2) is 12.7 Å². The average molecular weight is 214 g/mol. The molecule has 1 atom stereocenters. The molecule has 0 aliphatic rings. The first-order valence-corrected chi connectivity index (χ1v) is 4.09. The molecule has 0 saturated heterocycles. The van der Waals surface area contributed by atoms with E-state index >= 15 is 0 Å². The second-order valence-corrected chi connectivity index (χ2v) is 2.73. The molecule has 8 heteroatoms. The van der Waals surface area contributed by atoms with Crippen molar-refractivity contribution in [2.24, 2.45) is 0 Å². The molecule has 0 aliphatic carbocycles. The van der Waals surface area contributed by atoms with Crippen molar-refractivity contribution in [2.45, 2.75) is 12.6 Å². The molecule has 0 fully saturated rings. The molecule has 0 spiro atoms. The minimum atomic E-state index is -1.29. The summed E-state index contributed by atoms with van der Waals surface area (Å²) in [5.41, 5.74) is 0. The summed E-state index contributed by atoms with van der Waals surface area (Å²) in [5, 5.41) is 23.0. The van der Waals surface area contributed by atoms with Gasteiger partial charge in [-0.05, 0) is 0 Å². The molecule has 15 heavy (non-hydrogen) atoms. The lowest BCUT2D eigenvalue weighted by Crippen LogP contribution is -2.44. The average Bonchev–Trinajstić information content (AvgIpc) is 2.66. The number of aliphatic hydroxyl groups is 1. The van der Waals surface area contributed by atoms with Crippen molar-refractivity contribution in [3.05, 3.63) is 12.7 Å². The van der Waals surface area contributed by atoms with Crippen LogP contribution in [0.4, 0.5) is 0 Å². The molecule has 3 N–H and O–H groups in total. The van der Waals surface area contributed by atoms with Crippen molar-refractivity contribution in [2.75, 3.05) is 6.61 Å². The number of amides is 1. The van der Waals surface area contributed by atoms with Crippen LogP contribution in [0.2, 0.25) is 0 Å². The molecule has 8 nitrogen and oxygen atoms in total. The molecule has 0 bridgehead atoms. The van der Waals surface area contributed by atoms with Gasteiger partial charge in [0.15, 0.2) is 0 Å². The Balaban J connectivity index is 2.45. The largest absolute Gasteiger partial charge is 0.480 e. The van der Waals surface area contributed by atoms with Gasteiger partial charge >= 0.3 is 5.97 Å².